The molecule has 2 N–H and O–H groups in total. The summed E-state index contributed by atoms with van der Waals surface area (Å²) in [4.78, 5) is 11.7. The molecule has 0 bridgehead atoms. The zero-order valence-corrected chi connectivity index (χ0v) is 11.5. The highest BCUT2D eigenvalue weighted by Gasteiger charge is 2.12. The van der Waals surface area contributed by atoms with Crippen LogP contribution in [0.25, 0.3) is 0 Å². The maximum absolute atomic E-state index is 11.8. The van der Waals surface area contributed by atoms with Gasteiger partial charge in [0.25, 0.3) is 0 Å². The topological polar surface area (TPSA) is 75.6 Å². The summed E-state index contributed by atoms with van der Waals surface area (Å²) in [5.74, 6) is -0.488. The molecule has 1 atom stereocenters. The van der Waals surface area contributed by atoms with E-state index < -0.39 is 17.0 Å². The van der Waals surface area contributed by atoms with Crippen molar-refractivity contribution in [3.05, 3.63) is 28.2 Å². The number of carbonyl (C=O) groups excluding carboxylic acids is 1. The summed E-state index contributed by atoms with van der Waals surface area (Å²) in [7, 11) is -0.206. The Morgan fingerprint density at radius 2 is 2.29 bits per heavy atom. The number of halogens is 1. The van der Waals surface area contributed by atoms with E-state index in [1.165, 1.54) is 13.2 Å². The van der Waals surface area contributed by atoms with Gasteiger partial charge in [-0.1, -0.05) is 0 Å². The molecule has 0 saturated carbocycles. The van der Waals surface area contributed by atoms with E-state index in [0.29, 0.717) is 14.9 Å². The molecule has 0 aliphatic rings. The predicted octanol–water partition coefficient (Wildman–Crippen LogP) is 0.840. The molecule has 0 aromatic heterocycles. The number of benzene rings is 1. The monoisotopic (exact) mass is 321 g/mol. The zero-order chi connectivity index (χ0) is 12.8. The van der Waals surface area contributed by atoms with E-state index in [2.05, 4.69) is 25.4 Å². The molecule has 94 valence electrons. The fourth-order valence-electron chi connectivity index (χ4n) is 1.11. The van der Waals surface area contributed by atoms with Crippen LogP contribution in [0.4, 0.5) is 0 Å². The van der Waals surface area contributed by atoms with Crippen LogP contribution in [0.1, 0.15) is 10.4 Å². The van der Waals surface area contributed by atoms with Crippen molar-refractivity contribution in [1.29, 1.82) is 0 Å². The van der Waals surface area contributed by atoms with Gasteiger partial charge in [-0.05, 0) is 34.1 Å². The minimum Gasteiger partial charge on any atom is -0.465 e. The molecule has 1 unspecified atom stereocenters. The van der Waals surface area contributed by atoms with Crippen molar-refractivity contribution >= 4 is 32.9 Å². The van der Waals surface area contributed by atoms with Gasteiger partial charge >= 0.3 is 5.97 Å². The van der Waals surface area contributed by atoms with E-state index in [1.54, 1.807) is 12.1 Å². The molecule has 1 aromatic rings. The van der Waals surface area contributed by atoms with Crippen molar-refractivity contribution in [3.63, 3.8) is 0 Å². The van der Waals surface area contributed by atoms with Crippen LogP contribution in [-0.4, -0.2) is 35.5 Å². The van der Waals surface area contributed by atoms with Crippen LogP contribution in [0.5, 0.6) is 0 Å². The Morgan fingerprint density at radius 3 is 2.88 bits per heavy atom. The summed E-state index contributed by atoms with van der Waals surface area (Å²) < 4.78 is 19.6. The lowest BCUT2D eigenvalue weighted by Gasteiger charge is -2.07. The third kappa shape index (κ3) is 3.88. The summed E-state index contributed by atoms with van der Waals surface area (Å²) in [6.07, 6.45) is 0. The quantitative estimate of drug-likeness (QED) is 0.788. The van der Waals surface area contributed by atoms with Crippen molar-refractivity contribution in [2.24, 2.45) is 0 Å². The summed E-state index contributed by atoms with van der Waals surface area (Å²) in [5.41, 5.74) is 0.324. The first kappa shape index (κ1) is 14.3. The van der Waals surface area contributed by atoms with E-state index in [-0.39, 0.29) is 13.2 Å². The van der Waals surface area contributed by atoms with Gasteiger partial charge in [0.2, 0.25) is 0 Å². The SMILES string of the molecule is COC(=O)c1ccc(Br)c(S(=O)NCCO)c1. The molecule has 17 heavy (non-hydrogen) atoms. The number of rotatable bonds is 5. The van der Waals surface area contributed by atoms with Crippen molar-refractivity contribution < 1.29 is 18.8 Å². The predicted molar refractivity (Wildman–Crippen MR) is 67.0 cm³/mol. The third-order valence-corrected chi connectivity index (χ3v) is 4.05. The van der Waals surface area contributed by atoms with Gasteiger partial charge in [-0.3, -0.25) is 0 Å². The van der Waals surface area contributed by atoms with Crippen molar-refractivity contribution in [2.45, 2.75) is 4.90 Å². The molecule has 0 heterocycles. The van der Waals surface area contributed by atoms with Gasteiger partial charge in [0, 0.05) is 11.0 Å². The average molecular weight is 322 g/mol. The van der Waals surface area contributed by atoms with Crippen LogP contribution in [0.3, 0.4) is 0 Å². The second kappa shape index (κ2) is 6.85. The number of aliphatic hydroxyl groups excluding tert-OH is 1. The average Bonchev–Trinajstić information content (AvgIpc) is 2.35. The Hall–Kier alpha value is -0.760. The Kier molecular flexibility index (Phi) is 5.76. The molecule has 0 radical (unpaired) electrons. The van der Waals surface area contributed by atoms with E-state index >= 15 is 0 Å². The van der Waals surface area contributed by atoms with Crippen molar-refractivity contribution in [1.82, 2.24) is 4.72 Å². The zero-order valence-electron chi connectivity index (χ0n) is 9.10. The fourth-order valence-corrected chi connectivity index (χ4v) is 2.71. The molecule has 5 nitrogen and oxygen atoms in total. The number of esters is 1. The number of hydrogen-bond donors (Lipinski definition) is 2. The van der Waals surface area contributed by atoms with Crippen molar-refractivity contribution in [3.8, 4) is 0 Å². The van der Waals surface area contributed by atoms with E-state index in [0.717, 1.165) is 0 Å². The molecule has 0 aliphatic carbocycles. The normalized spacial score (nSPS) is 12.2. The Balaban J connectivity index is 2.98. The molecular weight excluding hydrogens is 310 g/mol. The molecule has 7 heteroatoms. The molecular formula is C10H12BrNO4S. The van der Waals surface area contributed by atoms with E-state index in [9.17, 15) is 9.00 Å². The molecule has 0 saturated heterocycles. The number of ether oxygens (including phenoxy) is 1. The highest BCUT2D eigenvalue weighted by Crippen LogP contribution is 2.21. The first-order valence-electron chi connectivity index (χ1n) is 4.74. The Bertz CT molecular complexity index is 438. The minimum atomic E-state index is -1.49. The summed E-state index contributed by atoms with van der Waals surface area (Å²) >= 11 is 3.25. The number of hydrogen-bond acceptors (Lipinski definition) is 4. The second-order valence-electron chi connectivity index (χ2n) is 3.02. The van der Waals surface area contributed by atoms with Crippen LogP contribution in [-0.2, 0) is 15.7 Å². The first-order valence-corrected chi connectivity index (χ1v) is 6.68. The van der Waals surface area contributed by atoms with Gasteiger partial charge in [-0.25, -0.2) is 13.7 Å². The highest BCUT2D eigenvalue weighted by atomic mass is 79.9. The lowest BCUT2D eigenvalue weighted by Crippen LogP contribution is -2.21. The Morgan fingerprint density at radius 1 is 1.59 bits per heavy atom. The van der Waals surface area contributed by atoms with Crippen LogP contribution in [0.2, 0.25) is 0 Å². The van der Waals surface area contributed by atoms with Gasteiger partial charge < -0.3 is 9.84 Å². The van der Waals surface area contributed by atoms with Gasteiger partial charge in [0.05, 0.1) is 24.2 Å². The van der Waals surface area contributed by atoms with Crippen molar-refractivity contribution in [2.75, 3.05) is 20.3 Å². The summed E-state index contributed by atoms with van der Waals surface area (Å²) in [6.45, 7) is 0.0988. The number of aliphatic hydroxyl groups is 1. The maximum atomic E-state index is 11.8. The fraction of sp³-hybridized carbons (Fsp3) is 0.300. The van der Waals surface area contributed by atoms with Crippen LogP contribution >= 0.6 is 15.9 Å². The van der Waals surface area contributed by atoms with E-state index in [1.807, 2.05) is 0 Å². The molecule has 0 spiro atoms. The van der Waals surface area contributed by atoms with Crippen LogP contribution in [0.15, 0.2) is 27.6 Å². The highest BCUT2D eigenvalue weighted by molar-refractivity contribution is 9.10. The number of nitrogens with one attached hydrogen (secondary N) is 1. The lowest BCUT2D eigenvalue weighted by molar-refractivity contribution is 0.0600. The Labute approximate surface area is 110 Å². The van der Waals surface area contributed by atoms with Crippen LogP contribution in [0, 0.1) is 0 Å². The molecule has 0 fully saturated rings. The number of carbonyl (C=O) groups is 1. The molecule has 0 amide bonds. The lowest BCUT2D eigenvalue weighted by atomic mass is 10.2. The second-order valence-corrected chi connectivity index (χ2v) is 5.14. The minimum absolute atomic E-state index is 0.111. The van der Waals surface area contributed by atoms with Gasteiger partial charge in [-0.2, -0.15) is 0 Å². The van der Waals surface area contributed by atoms with Gasteiger partial charge in [0.1, 0.15) is 11.0 Å². The van der Waals surface area contributed by atoms with E-state index in [4.69, 9.17) is 5.11 Å². The summed E-state index contributed by atoms with van der Waals surface area (Å²) in [6, 6.07) is 4.68. The van der Waals surface area contributed by atoms with Gasteiger partial charge in [-0.15, -0.1) is 0 Å². The largest absolute Gasteiger partial charge is 0.465 e. The molecule has 1 rings (SSSR count). The van der Waals surface area contributed by atoms with Gasteiger partial charge in [0.15, 0.2) is 0 Å². The summed E-state index contributed by atoms with van der Waals surface area (Å²) in [5, 5.41) is 8.63. The number of methoxy groups -OCH3 is 1. The third-order valence-electron chi connectivity index (χ3n) is 1.90. The standard InChI is InChI=1S/C10H12BrNO4S/c1-16-10(14)7-2-3-8(11)9(6-7)17(15)12-4-5-13/h2-3,6,12-13H,4-5H2,1H3. The first-order chi connectivity index (χ1) is 8.10. The molecule has 1 aromatic carbocycles. The molecule has 0 aliphatic heterocycles. The van der Waals surface area contributed by atoms with Crippen LogP contribution < -0.4 is 4.72 Å². The maximum Gasteiger partial charge on any atom is 0.337 e. The smallest absolute Gasteiger partial charge is 0.337 e.